The lowest BCUT2D eigenvalue weighted by Crippen LogP contribution is -2.41. The summed E-state index contributed by atoms with van der Waals surface area (Å²) in [5, 5.41) is 10.7. The van der Waals surface area contributed by atoms with Gasteiger partial charge in [0.1, 0.15) is 12.4 Å². The number of nitrogens with zero attached hydrogens (tertiary/aromatic N) is 1. The largest absolute Gasteiger partial charge is 0.485 e. The van der Waals surface area contributed by atoms with E-state index < -0.39 is 33.5 Å². The third kappa shape index (κ3) is 3.36. The molecule has 1 atom stereocenters. The number of nitro groups is 1. The fraction of sp³-hybridized carbons (Fsp3) is 0.455. The topological polar surface area (TPSA) is 78.4 Å². The predicted molar refractivity (Wildman–Crippen MR) is 61.4 cm³/mol. The smallest absolute Gasteiger partial charge is 0.346 e. The molecule has 0 aliphatic heterocycles. The summed E-state index contributed by atoms with van der Waals surface area (Å²) >= 11 is 0. The number of rotatable bonds is 5. The molecule has 1 aromatic carbocycles. The molecule has 0 radical (unpaired) electrons. The van der Waals surface area contributed by atoms with Crippen LogP contribution in [-0.2, 0) is 0 Å². The SMILES string of the molecule is CCC(C)(N)COc1cc(F)cc(F)c1[N+](=O)[O-]. The molecule has 0 aromatic heterocycles. The van der Waals surface area contributed by atoms with E-state index in [9.17, 15) is 18.9 Å². The molecule has 18 heavy (non-hydrogen) atoms. The lowest BCUT2D eigenvalue weighted by atomic mass is 10.0. The number of hydrogen-bond donors (Lipinski definition) is 1. The van der Waals surface area contributed by atoms with Crippen LogP contribution in [0.2, 0.25) is 0 Å². The van der Waals surface area contributed by atoms with Crippen molar-refractivity contribution in [3.63, 3.8) is 0 Å². The van der Waals surface area contributed by atoms with Crippen LogP contribution in [-0.4, -0.2) is 17.1 Å². The highest BCUT2D eigenvalue weighted by molar-refractivity contribution is 5.47. The van der Waals surface area contributed by atoms with Crippen molar-refractivity contribution in [3.8, 4) is 5.75 Å². The highest BCUT2D eigenvalue weighted by Crippen LogP contribution is 2.31. The van der Waals surface area contributed by atoms with Gasteiger partial charge in [-0.05, 0) is 13.3 Å². The molecule has 100 valence electrons. The van der Waals surface area contributed by atoms with Gasteiger partial charge in [-0.3, -0.25) is 10.1 Å². The first-order chi connectivity index (χ1) is 8.26. The molecule has 0 saturated carbocycles. The quantitative estimate of drug-likeness (QED) is 0.651. The summed E-state index contributed by atoms with van der Waals surface area (Å²) in [5.74, 6) is -2.67. The van der Waals surface area contributed by atoms with Crippen molar-refractivity contribution >= 4 is 5.69 Å². The van der Waals surface area contributed by atoms with E-state index in [-0.39, 0.29) is 6.61 Å². The second-order valence-corrected chi connectivity index (χ2v) is 4.29. The Morgan fingerprint density at radius 2 is 2.11 bits per heavy atom. The zero-order valence-corrected chi connectivity index (χ0v) is 10.1. The first kappa shape index (κ1) is 14.3. The second kappa shape index (κ2) is 5.26. The van der Waals surface area contributed by atoms with Crippen LogP contribution in [0.1, 0.15) is 20.3 Å². The van der Waals surface area contributed by atoms with E-state index in [1.165, 1.54) is 0 Å². The van der Waals surface area contributed by atoms with Gasteiger partial charge in [0, 0.05) is 17.7 Å². The van der Waals surface area contributed by atoms with Crippen LogP contribution >= 0.6 is 0 Å². The first-order valence-corrected chi connectivity index (χ1v) is 5.32. The average Bonchev–Trinajstić information content (AvgIpc) is 2.25. The van der Waals surface area contributed by atoms with Gasteiger partial charge in [-0.2, -0.15) is 4.39 Å². The highest BCUT2D eigenvalue weighted by atomic mass is 19.1. The summed E-state index contributed by atoms with van der Waals surface area (Å²) in [6, 6.07) is 1.21. The molecule has 2 N–H and O–H groups in total. The molecule has 1 rings (SSSR count). The summed E-state index contributed by atoms with van der Waals surface area (Å²) in [4.78, 5) is 9.73. The minimum absolute atomic E-state index is 0.0762. The average molecular weight is 260 g/mol. The Labute approximate surface area is 103 Å². The molecular formula is C11H14F2N2O3. The van der Waals surface area contributed by atoms with Gasteiger partial charge < -0.3 is 10.5 Å². The van der Waals surface area contributed by atoms with Gasteiger partial charge in [0.05, 0.1) is 4.92 Å². The van der Waals surface area contributed by atoms with Crippen LogP contribution in [0.4, 0.5) is 14.5 Å². The minimum Gasteiger partial charge on any atom is -0.485 e. The van der Waals surface area contributed by atoms with Crippen molar-refractivity contribution in [2.24, 2.45) is 5.73 Å². The van der Waals surface area contributed by atoms with Crippen molar-refractivity contribution in [2.45, 2.75) is 25.8 Å². The molecule has 0 bridgehead atoms. The second-order valence-electron chi connectivity index (χ2n) is 4.29. The standard InChI is InChI=1S/C11H14F2N2O3/c1-3-11(2,14)6-18-9-5-7(12)4-8(13)10(9)15(16)17/h4-5H,3,6,14H2,1-2H3. The molecule has 1 aromatic rings. The zero-order valence-electron chi connectivity index (χ0n) is 10.1. The van der Waals surface area contributed by atoms with Crippen molar-refractivity contribution in [2.75, 3.05) is 6.61 Å². The van der Waals surface area contributed by atoms with Gasteiger partial charge in [-0.25, -0.2) is 4.39 Å². The molecule has 0 saturated heterocycles. The van der Waals surface area contributed by atoms with Crippen LogP contribution in [0.15, 0.2) is 12.1 Å². The van der Waals surface area contributed by atoms with Crippen LogP contribution in [0.3, 0.4) is 0 Å². The van der Waals surface area contributed by atoms with Crippen LogP contribution < -0.4 is 10.5 Å². The molecule has 1 unspecified atom stereocenters. The van der Waals surface area contributed by atoms with Gasteiger partial charge in [-0.15, -0.1) is 0 Å². The first-order valence-electron chi connectivity index (χ1n) is 5.32. The van der Waals surface area contributed by atoms with Crippen LogP contribution in [0, 0.1) is 21.7 Å². The number of ether oxygens (including phenoxy) is 1. The number of hydrogen-bond acceptors (Lipinski definition) is 4. The molecular weight excluding hydrogens is 246 g/mol. The molecule has 7 heteroatoms. The molecule has 5 nitrogen and oxygen atoms in total. The number of nitro benzene ring substituents is 1. The summed E-state index contributed by atoms with van der Waals surface area (Å²) in [5.41, 5.74) is 4.17. The van der Waals surface area contributed by atoms with Crippen LogP contribution in [0.25, 0.3) is 0 Å². The fourth-order valence-electron chi connectivity index (χ4n) is 1.17. The van der Waals surface area contributed by atoms with Crippen molar-refractivity contribution in [1.82, 2.24) is 0 Å². The Kier molecular flexibility index (Phi) is 4.18. The lowest BCUT2D eigenvalue weighted by Gasteiger charge is -2.22. The van der Waals surface area contributed by atoms with E-state index >= 15 is 0 Å². The summed E-state index contributed by atoms with van der Waals surface area (Å²) in [6.07, 6.45) is 0.554. The Hall–Kier alpha value is -1.76. The van der Waals surface area contributed by atoms with E-state index in [1.807, 2.05) is 6.92 Å². The van der Waals surface area contributed by atoms with Crippen molar-refractivity contribution < 1.29 is 18.4 Å². The third-order valence-electron chi connectivity index (χ3n) is 2.54. The Bertz CT molecular complexity index is 464. The summed E-state index contributed by atoms with van der Waals surface area (Å²) in [7, 11) is 0. The molecule has 0 aliphatic rings. The summed E-state index contributed by atoms with van der Waals surface area (Å²) in [6.45, 7) is 3.41. The van der Waals surface area contributed by atoms with Crippen LogP contribution in [0.5, 0.6) is 5.75 Å². The van der Waals surface area contributed by atoms with Gasteiger partial charge in [0.15, 0.2) is 0 Å². The number of benzene rings is 1. The maximum Gasteiger partial charge on any atom is 0.346 e. The number of halogens is 2. The zero-order chi connectivity index (χ0) is 13.9. The number of nitrogens with two attached hydrogens (primary N) is 1. The monoisotopic (exact) mass is 260 g/mol. The minimum atomic E-state index is -1.27. The Balaban J connectivity index is 3.04. The normalized spacial score (nSPS) is 14.1. The van der Waals surface area contributed by atoms with E-state index in [1.54, 1.807) is 6.92 Å². The summed E-state index contributed by atoms with van der Waals surface area (Å²) < 4.78 is 31.3. The predicted octanol–water partition coefficient (Wildman–Crippen LogP) is 2.38. The van der Waals surface area contributed by atoms with Gasteiger partial charge in [0.2, 0.25) is 11.6 Å². The highest BCUT2D eigenvalue weighted by Gasteiger charge is 2.25. The molecule has 0 spiro atoms. The maximum atomic E-state index is 13.3. The Morgan fingerprint density at radius 1 is 1.50 bits per heavy atom. The fourth-order valence-corrected chi connectivity index (χ4v) is 1.17. The molecule has 0 fully saturated rings. The van der Waals surface area contributed by atoms with Crippen molar-refractivity contribution in [1.29, 1.82) is 0 Å². The van der Waals surface area contributed by atoms with E-state index in [0.717, 1.165) is 6.07 Å². The third-order valence-corrected chi connectivity index (χ3v) is 2.54. The molecule has 0 aliphatic carbocycles. The van der Waals surface area contributed by atoms with Gasteiger partial charge >= 0.3 is 5.69 Å². The maximum absolute atomic E-state index is 13.3. The van der Waals surface area contributed by atoms with Gasteiger partial charge in [-0.1, -0.05) is 6.92 Å². The molecule has 0 amide bonds. The van der Waals surface area contributed by atoms with Gasteiger partial charge in [0.25, 0.3) is 0 Å². The van der Waals surface area contributed by atoms with Crippen molar-refractivity contribution in [3.05, 3.63) is 33.9 Å². The van der Waals surface area contributed by atoms with E-state index in [2.05, 4.69) is 0 Å². The van der Waals surface area contributed by atoms with E-state index in [0.29, 0.717) is 12.5 Å². The molecule has 0 heterocycles. The Morgan fingerprint density at radius 3 is 2.61 bits per heavy atom. The lowest BCUT2D eigenvalue weighted by molar-refractivity contribution is -0.388. The van der Waals surface area contributed by atoms with E-state index in [4.69, 9.17) is 10.5 Å².